The lowest BCUT2D eigenvalue weighted by atomic mass is 9.82. The van der Waals surface area contributed by atoms with Crippen LogP contribution in [0, 0.1) is 5.92 Å². The Balaban J connectivity index is 1.58. The molecule has 2 amide bonds. The van der Waals surface area contributed by atoms with Crippen molar-refractivity contribution in [1.82, 2.24) is 14.4 Å². The summed E-state index contributed by atoms with van der Waals surface area (Å²) in [5.74, 6) is 0.113. The van der Waals surface area contributed by atoms with E-state index in [2.05, 4.69) is 0 Å². The number of likely N-dealkylation sites (N-methyl/N-ethyl adjacent to an activating group) is 1. The minimum atomic E-state index is -0.285. The monoisotopic (exact) mass is 415 g/mol. The summed E-state index contributed by atoms with van der Waals surface area (Å²) >= 11 is 1.52. The number of thiophene rings is 1. The molecule has 4 heterocycles. The van der Waals surface area contributed by atoms with Gasteiger partial charge in [0.15, 0.2) is 0 Å². The fourth-order valence-electron chi connectivity index (χ4n) is 4.38. The first kappa shape index (κ1) is 19.8. The molecule has 0 aliphatic carbocycles. The maximum absolute atomic E-state index is 13.1. The molecule has 8 heteroatoms. The highest BCUT2D eigenvalue weighted by atomic mass is 32.1. The van der Waals surface area contributed by atoms with Gasteiger partial charge < -0.3 is 19.1 Å². The first-order chi connectivity index (χ1) is 14.0. The van der Waals surface area contributed by atoms with Crippen molar-refractivity contribution in [2.24, 2.45) is 5.92 Å². The Morgan fingerprint density at radius 2 is 2.07 bits per heavy atom. The third kappa shape index (κ3) is 3.74. The molecule has 0 aromatic carbocycles. The van der Waals surface area contributed by atoms with Crippen molar-refractivity contribution >= 4 is 23.2 Å². The zero-order valence-corrected chi connectivity index (χ0v) is 17.5. The summed E-state index contributed by atoms with van der Waals surface area (Å²) in [6.45, 7) is 2.64. The van der Waals surface area contributed by atoms with Gasteiger partial charge in [0.05, 0.1) is 12.2 Å². The van der Waals surface area contributed by atoms with Gasteiger partial charge in [0.1, 0.15) is 5.56 Å². The summed E-state index contributed by atoms with van der Waals surface area (Å²) in [6.07, 6.45) is 0.966. The van der Waals surface area contributed by atoms with Crippen LogP contribution >= 0.6 is 11.3 Å². The predicted octanol–water partition coefficient (Wildman–Crippen LogP) is 1.89. The van der Waals surface area contributed by atoms with Crippen LogP contribution in [-0.4, -0.2) is 66.6 Å². The molecule has 154 valence electrons. The molecule has 2 aliphatic heterocycles. The normalized spacial score (nSPS) is 20.3. The number of ether oxygens (including phenoxy) is 1. The van der Waals surface area contributed by atoms with Crippen LogP contribution in [0.25, 0.3) is 0 Å². The van der Waals surface area contributed by atoms with Gasteiger partial charge in [-0.05, 0) is 35.9 Å². The predicted molar refractivity (Wildman–Crippen MR) is 111 cm³/mol. The van der Waals surface area contributed by atoms with Crippen LogP contribution in [0.15, 0.2) is 33.8 Å². The first-order valence-corrected chi connectivity index (χ1v) is 10.7. The molecule has 2 aromatic heterocycles. The highest BCUT2D eigenvalue weighted by Gasteiger charge is 2.37. The Bertz CT molecular complexity index is 969. The molecule has 0 saturated carbocycles. The molecule has 4 rings (SSSR count). The van der Waals surface area contributed by atoms with Crippen LogP contribution in [-0.2, 0) is 11.3 Å². The highest BCUT2D eigenvalue weighted by Crippen LogP contribution is 2.35. The van der Waals surface area contributed by atoms with Crippen LogP contribution in [0.5, 0.6) is 0 Å². The van der Waals surface area contributed by atoms with E-state index in [4.69, 9.17) is 4.74 Å². The van der Waals surface area contributed by atoms with Crippen LogP contribution in [0.4, 0.5) is 0 Å². The van der Waals surface area contributed by atoms with E-state index in [1.807, 2.05) is 27.8 Å². The van der Waals surface area contributed by atoms with E-state index >= 15 is 0 Å². The second-order valence-corrected chi connectivity index (χ2v) is 8.61. The highest BCUT2D eigenvalue weighted by molar-refractivity contribution is 7.08. The number of rotatable bonds is 5. The fourth-order valence-corrected chi connectivity index (χ4v) is 5.01. The molecule has 0 unspecified atom stereocenters. The summed E-state index contributed by atoms with van der Waals surface area (Å²) in [5, 5.41) is 3.79. The Hall–Kier alpha value is -2.45. The molecule has 1 fully saturated rings. The van der Waals surface area contributed by atoms with Crippen LogP contribution < -0.4 is 5.56 Å². The quantitative estimate of drug-likeness (QED) is 0.748. The molecular formula is C21H25N3O4S. The van der Waals surface area contributed by atoms with Crippen molar-refractivity contribution in [3.63, 3.8) is 0 Å². The lowest BCUT2D eigenvalue weighted by Crippen LogP contribution is -2.49. The van der Waals surface area contributed by atoms with Gasteiger partial charge in [-0.3, -0.25) is 14.4 Å². The topological polar surface area (TPSA) is 71.8 Å². The number of hydrogen-bond acceptors (Lipinski definition) is 5. The van der Waals surface area contributed by atoms with E-state index in [1.165, 1.54) is 16.2 Å². The average Bonchev–Trinajstić information content (AvgIpc) is 3.26. The number of fused-ring (bicyclic) bond motifs is 4. The summed E-state index contributed by atoms with van der Waals surface area (Å²) in [5.41, 5.74) is 1.61. The second-order valence-electron chi connectivity index (χ2n) is 7.83. The van der Waals surface area contributed by atoms with E-state index in [9.17, 15) is 14.4 Å². The number of aromatic nitrogens is 1. The standard InChI is InChI=1S/C21H25N3O4S/c1-22(6-7-28-2)20(26)17-3-4-18-16-9-14(11-24(18)21(17)27)10-23(12-16)19(25)15-5-8-29-13-15/h3-5,8,13-14,16H,6-7,9-12H2,1-2H3/t14-,16+/m0/s1. The lowest BCUT2D eigenvalue weighted by Gasteiger charge is -2.42. The summed E-state index contributed by atoms with van der Waals surface area (Å²) in [4.78, 5) is 42.0. The number of carbonyl (C=O) groups is 2. The van der Waals surface area contributed by atoms with Gasteiger partial charge in [0.25, 0.3) is 17.4 Å². The maximum Gasteiger partial charge on any atom is 0.263 e. The average molecular weight is 416 g/mol. The van der Waals surface area contributed by atoms with Crippen molar-refractivity contribution in [3.8, 4) is 0 Å². The molecular weight excluding hydrogens is 390 g/mol. The van der Waals surface area contributed by atoms with E-state index in [-0.39, 0.29) is 34.8 Å². The van der Waals surface area contributed by atoms with Gasteiger partial charge in [-0.2, -0.15) is 11.3 Å². The molecule has 0 radical (unpaired) electrons. The Kier molecular flexibility index (Phi) is 5.56. The van der Waals surface area contributed by atoms with Crippen molar-refractivity contribution in [2.75, 3.05) is 40.4 Å². The molecule has 29 heavy (non-hydrogen) atoms. The van der Waals surface area contributed by atoms with Gasteiger partial charge in [-0.15, -0.1) is 0 Å². The largest absolute Gasteiger partial charge is 0.383 e. The van der Waals surface area contributed by atoms with Crippen LogP contribution in [0.1, 0.15) is 38.7 Å². The van der Waals surface area contributed by atoms with Gasteiger partial charge in [-0.25, -0.2) is 0 Å². The third-order valence-corrected chi connectivity index (χ3v) is 6.55. The molecule has 2 aliphatic rings. The van der Waals surface area contributed by atoms with Gasteiger partial charge >= 0.3 is 0 Å². The number of pyridine rings is 1. The van der Waals surface area contributed by atoms with E-state index in [0.29, 0.717) is 32.8 Å². The molecule has 7 nitrogen and oxygen atoms in total. The number of piperidine rings is 1. The van der Waals surface area contributed by atoms with Crippen LogP contribution in [0.3, 0.4) is 0 Å². The Morgan fingerprint density at radius 1 is 1.24 bits per heavy atom. The minimum Gasteiger partial charge on any atom is -0.383 e. The van der Waals surface area contributed by atoms with E-state index in [1.54, 1.807) is 24.8 Å². The molecule has 0 spiro atoms. The van der Waals surface area contributed by atoms with Crippen molar-refractivity contribution < 1.29 is 14.3 Å². The number of methoxy groups -OCH3 is 1. The van der Waals surface area contributed by atoms with E-state index in [0.717, 1.165) is 17.7 Å². The third-order valence-electron chi connectivity index (χ3n) is 5.87. The Labute approximate surface area is 173 Å². The molecule has 2 atom stereocenters. The SMILES string of the molecule is COCCN(C)C(=O)c1ccc2n(c1=O)C[C@H]1C[C@@H]2CN(C(=O)c2ccsc2)C1. The van der Waals surface area contributed by atoms with E-state index < -0.39 is 0 Å². The lowest BCUT2D eigenvalue weighted by molar-refractivity contribution is 0.0594. The first-order valence-electron chi connectivity index (χ1n) is 9.79. The maximum atomic E-state index is 13.1. The summed E-state index contributed by atoms with van der Waals surface area (Å²) < 4.78 is 6.77. The van der Waals surface area contributed by atoms with Crippen molar-refractivity contribution in [3.05, 3.63) is 56.1 Å². The molecule has 2 bridgehead atoms. The second kappa shape index (κ2) is 8.12. The van der Waals surface area contributed by atoms with Gasteiger partial charge in [0.2, 0.25) is 0 Å². The fraction of sp³-hybridized carbons (Fsp3) is 0.476. The molecule has 1 saturated heterocycles. The van der Waals surface area contributed by atoms with Crippen LogP contribution in [0.2, 0.25) is 0 Å². The number of nitrogens with zero attached hydrogens (tertiary/aromatic N) is 3. The number of amides is 2. The number of hydrogen-bond donors (Lipinski definition) is 0. The number of carbonyl (C=O) groups excluding carboxylic acids is 2. The Morgan fingerprint density at radius 3 is 2.79 bits per heavy atom. The zero-order valence-electron chi connectivity index (χ0n) is 16.7. The smallest absolute Gasteiger partial charge is 0.263 e. The van der Waals surface area contributed by atoms with Crippen molar-refractivity contribution in [1.29, 1.82) is 0 Å². The summed E-state index contributed by atoms with van der Waals surface area (Å²) in [7, 11) is 3.25. The number of likely N-dealkylation sites (tertiary alicyclic amines) is 1. The van der Waals surface area contributed by atoms with Gasteiger partial charge in [-0.1, -0.05) is 0 Å². The van der Waals surface area contributed by atoms with Crippen molar-refractivity contribution in [2.45, 2.75) is 18.9 Å². The summed E-state index contributed by atoms with van der Waals surface area (Å²) in [6, 6.07) is 5.38. The molecule has 0 N–H and O–H groups in total. The molecule has 2 aromatic rings. The van der Waals surface area contributed by atoms with Gasteiger partial charge in [0, 0.05) is 57.3 Å². The zero-order chi connectivity index (χ0) is 20.5. The minimum absolute atomic E-state index is 0.0586.